The van der Waals surface area contributed by atoms with Gasteiger partial charge >= 0.3 is 0 Å². The molecule has 0 saturated carbocycles. The topological polar surface area (TPSA) is 103 Å². The summed E-state index contributed by atoms with van der Waals surface area (Å²) in [6.45, 7) is 3.27. The molecule has 1 fully saturated rings. The minimum atomic E-state index is -0.435. The number of halogens is 2. The van der Waals surface area contributed by atoms with Gasteiger partial charge in [-0.25, -0.2) is 0 Å². The summed E-state index contributed by atoms with van der Waals surface area (Å²) in [6, 6.07) is 12.9. The Morgan fingerprint density at radius 3 is 2.63 bits per heavy atom. The molecule has 2 atom stereocenters. The van der Waals surface area contributed by atoms with Gasteiger partial charge in [-0.3, -0.25) is 14.9 Å². The largest absolute Gasteiger partial charge is 0.486 e. The van der Waals surface area contributed by atoms with E-state index in [9.17, 15) is 9.90 Å². The number of nitrogens with one attached hydrogen (secondary N) is 2. The molecule has 2 aromatic carbocycles. The number of aromatic nitrogens is 3. The quantitative estimate of drug-likeness (QED) is 0.327. The van der Waals surface area contributed by atoms with Crippen LogP contribution in [0.5, 0.6) is 5.75 Å². The average Bonchev–Trinajstić information content (AvgIpc) is 3.45. The summed E-state index contributed by atoms with van der Waals surface area (Å²) in [5.41, 5.74) is 3.26. The second-order valence-electron chi connectivity index (χ2n) is 8.45. The van der Waals surface area contributed by atoms with Crippen molar-refractivity contribution in [3.63, 3.8) is 0 Å². The maximum absolute atomic E-state index is 13.0. The number of aliphatic hydroxyl groups excluding tert-OH is 1. The molecule has 0 radical (unpaired) electrons. The van der Waals surface area contributed by atoms with E-state index in [2.05, 4.69) is 25.4 Å². The van der Waals surface area contributed by atoms with Gasteiger partial charge in [0.25, 0.3) is 5.91 Å². The van der Waals surface area contributed by atoms with Gasteiger partial charge in [0.05, 0.1) is 21.7 Å². The van der Waals surface area contributed by atoms with Crippen molar-refractivity contribution in [2.75, 3.05) is 23.3 Å². The maximum atomic E-state index is 13.0. The third-order valence-electron chi connectivity index (χ3n) is 6.01. The smallest absolute Gasteiger partial charge is 0.276 e. The summed E-state index contributed by atoms with van der Waals surface area (Å²) in [7, 11) is 0. The number of aliphatic hydroxyl groups is 1. The molecule has 0 spiro atoms. The highest BCUT2D eigenvalue weighted by Gasteiger charge is 2.21. The van der Waals surface area contributed by atoms with E-state index in [1.807, 2.05) is 31.2 Å². The van der Waals surface area contributed by atoms with Gasteiger partial charge in [0, 0.05) is 47.8 Å². The van der Waals surface area contributed by atoms with Gasteiger partial charge in [0.2, 0.25) is 0 Å². The molecule has 180 valence electrons. The van der Waals surface area contributed by atoms with Gasteiger partial charge in [-0.2, -0.15) is 5.10 Å². The summed E-state index contributed by atoms with van der Waals surface area (Å²) in [5.74, 6) is 0.201. The number of rotatable bonds is 6. The number of hydrogen-bond acceptors (Lipinski definition) is 6. The van der Waals surface area contributed by atoms with Gasteiger partial charge < -0.3 is 20.1 Å². The van der Waals surface area contributed by atoms with E-state index in [1.54, 1.807) is 18.2 Å². The predicted octanol–water partition coefficient (Wildman–Crippen LogP) is 5.23. The average molecular weight is 512 g/mol. The molecule has 4 aromatic rings. The molecule has 1 saturated heterocycles. The molecule has 3 N–H and O–H groups in total. The van der Waals surface area contributed by atoms with Crippen molar-refractivity contribution < 1.29 is 14.6 Å². The second kappa shape index (κ2) is 9.73. The molecule has 10 heteroatoms. The van der Waals surface area contributed by atoms with Crippen LogP contribution in [0.15, 0.2) is 54.9 Å². The fourth-order valence-electron chi connectivity index (χ4n) is 4.23. The molecule has 1 amide bonds. The van der Waals surface area contributed by atoms with Crippen LogP contribution in [0.25, 0.3) is 10.9 Å². The molecule has 1 aliphatic heterocycles. The highest BCUT2D eigenvalue weighted by molar-refractivity contribution is 6.35. The highest BCUT2D eigenvalue weighted by atomic mass is 35.5. The van der Waals surface area contributed by atoms with Gasteiger partial charge in [-0.1, -0.05) is 23.2 Å². The van der Waals surface area contributed by atoms with E-state index in [0.29, 0.717) is 44.5 Å². The number of H-pyrrole nitrogens is 1. The summed E-state index contributed by atoms with van der Waals surface area (Å²) >= 11 is 12.5. The number of ether oxygens (including phenoxy) is 1. The summed E-state index contributed by atoms with van der Waals surface area (Å²) < 4.78 is 6.07. The Labute approximate surface area is 211 Å². The summed E-state index contributed by atoms with van der Waals surface area (Å²) in [5, 5.41) is 21.2. The lowest BCUT2D eigenvalue weighted by molar-refractivity contribution is 0.102. The zero-order valence-corrected chi connectivity index (χ0v) is 20.3. The summed E-state index contributed by atoms with van der Waals surface area (Å²) in [6.07, 6.45) is 3.07. The van der Waals surface area contributed by atoms with Crippen molar-refractivity contribution in [3.8, 4) is 5.75 Å². The van der Waals surface area contributed by atoms with Gasteiger partial charge in [0.15, 0.2) is 5.69 Å². The SMILES string of the molecule is CC(Oc1ccc2[nH]nc(C(=O)Nc3ccc(N4CCC(O)C4)cc3)c2c1)c1c(Cl)cncc1Cl. The predicted molar refractivity (Wildman–Crippen MR) is 137 cm³/mol. The molecule has 5 rings (SSSR count). The maximum Gasteiger partial charge on any atom is 0.276 e. The Morgan fingerprint density at radius 1 is 1.20 bits per heavy atom. The first-order valence-corrected chi connectivity index (χ1v) is 11.9. The Hall–Kier alpha value is -3.33. The van der Waals surface area contributed by atoms with Crippen LogP contribution in [-0.2, 0) is 0 Å². The lowest BCUT2D eigenvalue weighted by Crippen LogP contribution is -2.21. The van der Waals surface area contributed by atoms with E-state index < -0.39 is 6.10 Å². The number of fused-ring (bicyclic) bond motifs is 1. The lowest BCUT2D eigenvalue weighted by atomic mass is 10.1. The second-order valence-corrected chi connectivity index (χ2v) is 9.26. The monoisotopic (exact) mass is 511 g/mol. The number of carbonyl (C=O) groups is 1. The van der Waals surface area contributed by atoms with Crippen molar-refractivity contribution in [2.45, 2.75) is 25.6 Å². The first-order chi connectivity index (χ1) is 16.9. The van der Waals surface area contributed by atoms with Crippen molar-refractivity contribution in [1.82, 2.24) is 15.2 Å². The van der Waals surface area contributed by atoms with Crippen LogP contribution in [0.3, 0.4) is 0 Å². The first-order valence-electron chi connectivity index (χ1n) is 11.2. The first kappa shape index (κ1) is 23.4. The Morgan fingerprint density at radius 2 is 1.94 bits per heavy atom. The number of aromatic amines is 1. The van der Waals surface area contributed by atoms with Crippen LogP contribution in [0.2, 0.25) is 10.0 Å². The Kier molecular flexibility index (Phi) is 6.51. The molecule has 1 aliphatic rings. The minimum Gasteiger partial charge on any atom is -0.486 e. The molecular weight excluding hydrogens is 489 g/mol. The number of anilines is 2. The fourth-order valence-corrected chi connectivity index (χ4v) is 4.91. The molecular formula is C25H23Cl2N5O3. The van der Waals surface area contributed by atoms with Gasteiger partial charge in [0.1, 0.15) is 11.9 Å². The third kappa shape index (κ3) is 4.91. The number of β-amino-alcohol motifs (C(OH)–C–C–N with tert-alkyl or cyclic N) is 1. The van der Waals surface area contributed by atoms with E-state index in [4.69, 9.17) is 27.9 Å². The number of nitrogens with zero attached hydrogens (tertiary/aromatic N) is 3. The summed E-state index contributed by atoms with van der Waals surface area (Å²) in [4.78, 5) is 19.1. The standard InChI is InChI=1S/C25H23Cl2N5O3/c1-14(23-20(26)11-28-12-21(23)27)35-18-6-7-22-19(10-18)24(31-30-22)25(34)29-15-2-4-16(5-3-15)32-9-8-17(33)13-32/h2-7,10-12,14,17,33H,8-9,13H2,1H3,(H,29,34)(H,30,31). The molecule has 2 aromatic heterocycles. The third-order valence-corrected chi connectivity index (χ3v) is 6.62. The number of benzene rings is 2. The minimum absolute atomic E-state index is 0.254. The Balaban J connectivity index is 1.32. The molecule has 35 heavy (non-hydrogen) atoms. The molecule has 2 unspecified atom stereocenters. The Bertz CT molecular complexity index is 1360. The number of hydrogen-bond donors (Lipinski definition) is 3. The van der Waals surface area contributed by atoms with Crippen molar-refractivity contribution in [1.29, 1.82) is 0 Å². The normalized spacial score (nSPS) is 16.5. The van der Waals surface area contributed by atoms with E-state index in [0.717, 1.165) is 18.7 Å². The number of carbonyl (C=O) groups excluding carboxylic acids is 1. The van der Waals surface area contributed by atoms with E-state index >= 15 is 0 Å². The zero-order chi connectivity index (χ0) is 24.5. The number of pyridine rings is 1. The van der Waals surface area contributed by atoms with Crippen LogP contribution >= 0.6 is 23.2 Å². The van der Waals surface area contributed by atoms with Crippen LogP contribution in [-0.4, -0.2) is 45.4 Å². The highest BCUT2D eigenvalue weighted by Crippen LogP contribution is 2.33. The molecule has 0 bridgehead atoms. The van der Waals surface area contributed by atoms with Gasteiger partial charge in [-0.05, 0) is 55.8 Å². The fraction of sp³-hybridized carbons (Fsp3) is 0.240. The van der Waals surface area contributed by atoms with Crippen LogP contribution in [0.1, 0.15) is 35.5 Å². The van der Waals surface area contributed by atoms with Gasteiger partial charge in [-0.15, -0.1) is 0 Å². The van der Waals surface area contributed by atoms with Crippen LogP contribution < -0.4 is 15.0 Å². The van der Waals surface area contributed by atoms with Crippen molar-refractivity contribution in [2.24, 2.45) is 0 Å². The number of amides is 1. The molecule has 3 heterocycles. The lowest BCUT2D eigenvalue weighted by Gasteiger charge is -2.18. The molecule has 0 aliphatic carbocycles. The van der Waals surface area contributed by atoms with E-state index in [-0.39, 0.29) is 17.7 Å². The van der Waals surface area contributed by atoms with Crippen molar-refractivity contribution in [3.05, 3.63) is 76.2 Å². The van der Waals surface area contributed by atoms with Crippen LogP contribution in [0, 0.1) is 0 Å². The zero-order valence-electron chi connectivity index (χ0n) is 18.8. The molecule has 8 nitrogen and oxygen atoms in total. The van der Waals surface area contributed by atoms with Crippen molar-refractivity contribution >= 4 is 51.4 Å². The van der Waals surface area contributed by atoms with E-state index in [1.165, 1.54) is 12.4 Å². The van der Waals surface area contributed by atoms with Crippen LogP contribution in [0.4, 0.5) is 11.4 Å².